The molecule has 1 unspecified atom stereocenters. The van der Waals surface area contributed by atoms with Crippen molar-refractivity contribution in [3.63, 3.8) is 0 Å². The van der Waals surface area contributed by atoms with Gasteiger partial charge in [0.05, 0.1) is 11.4 Å². The van der Waals surface area contributed by atoms with Gasteiger partial charge in [-0.15, -0.1) is 0 Å². The summed E-state index contributed by atoms with van der Waals surface area (Å²) in [4.78, 5) is 43.9. The van der Waals surface area contributed by atoms with E-state index in [2.05, 4.69) is 10.2 Å². The lowest BCUT2D eigenvalue weighted by molar-refractivity contribution is -0.123. The third kappa shape index (κ3) is 4.13. The summed E-state index contributed by atoms with van der Waals surface area (Å²) in [6.45, 7) is 2.69. The van der Waals surface area contributed by atoms with Crippen molar-refractivity contribution < 1.29 is 14.4 Å². The first-order chi connectivity index (χ1) is 14.8. The minimum Gasteiger partial charge on any atom is -0.358 e. The maximum atomic E-state index is 13.4. The van der Waals surface area contributed by atoms with Gasteiger partial charge < -0.3 is 15.1 Å². The molecule has 1 fully saturated rings. The van der Waals surface area contributed by atoms with E-state index < -0.39 is 0 Å². The summed E-state index contributed by atoms with van der Waals surface area (Å²) < 4.78 is 0. The molecule has 0 aliphatic carbocycles. The molecule has 2 aromatic carbocycles. The van der Waals surface area contributed by atoms with Crippen LogP contribution in [-0.2, 0) is 9.59 Å². The number of nitrogens with one attached hydrogen (secondary N) is 1. The Morgan fingerprint density at radius 3 is 2.52 bits per heavy atom. The van der Waals surface area contributed by atoms with Crippen molar-refractivity contribution >= 4 is 34.8 Å². The third-order valence-electron chi connectivity index (χ3n) is 5.92. The lowest BCUT2D eigenvalue weighted by Gasteiger charge is -2.45. The first-order valence-electron chi connectivity index (χ1n) is 10.7. The van der Waals surface area contributed by atoms with Crippen LogP contribution in [0.1, 0.15) is 35.2 Å². The summed E-state index contributed by atoms with van der Waals surface area (Å²) in [5, 5.41) is 2.87. The highest BCUT2D eigenvalue weighted by Gasteiger charge is 2.40. The Kier molecular flexibility index (Phi) is 5.67. The zero-order valence-corrected chi connectivity index (χ0v) is 18.2. The van der Waals surface area contributed by atoms with Gasteiger partial charge in [-0.25, -0.2) is 0 Å². The Labute approximate surface area is 182 Å². The Bertz CT molecular complexity index is 1020. The van der Waals surface area contributed by atoms with Crippen LogP contribution < -0.4 is 15.1 Å². The molecule has 162 valence electrons. The number of hydrogen-bond donors (Lipinski definition) is 1. The number of nitrogens with zero attached hydrogens (tertiary/aromatic N) is 3. The molecular weight excluding hydrogens is 392 g/mol. The quantitative estimate of drug-likeness (QED) is 0.825. The standard InChI is InChI=1S/C24H28N4O3/c1-16-7-10-18(11-8-16)25-22(29)15-28-21-14-17(23(30)26(2)3)9-12-19(21)27-13-5-4-6-20(27)24(28)31/h7-12,14,20H,4-6,13,15H2,1-3H3,(H,25,29). The molecule has 3 amide bonds. The minimum absolute atomic E-state index is 0.0827. The number of fused-ring (bicyclic) bond motifs is 3. The van der Waals surface area contributed by atoms with E-state index in [1.165, 1.54) is 9.80 Å². The molecule has 1 atom stereocenters. The van der Waals surface area contributed by atoms with Gasteiger partial charge in [-0.2, -0.15) is 0 Å². The molecule has 2 aliphatic heterocycles. The fourth-order valence-corrected chi connectivity index (χ4v) is 4.29. The number of benzene rings is 2. The Morgan fingerprint density at radius 2 is 1.81 bits per heavy atom. The van der Waals surface area contributed by atoms with Crippen molar-refractivity contribution in [2.24, 2.45) is 0 Å². The first-order valence-corrected chi connectivity index (χ1v) is 10.7. The van der Waals surface area contributed by atoms with Crippen molar-refractivity contribution in [2.75, 3.05) is 42.3 Å². The van der Waals surface area contributed by atoms with E-state index in [9.17, 15) is 14.4 Å². The zero-order valence-electron chi connectivity index (χ0n) is 18.2. The van der Waals surface area contributed by atoms with E-state index >= 15 is 0 Å². The van der Waals surface area contributed by atoms with E-state index in [4.69, 9.17) is 0 Å². The van der Waals surface area contributed by atoms with Gasteiger partial charge in [-0.1, -0.05) is 17.7 Å². The van der Waals surface area contributed by atoms with Gasteiger partial charge in [-0.05, 0) is 56.5 Å². The minimum atomic E-state index is -0.267. The molecule has 0 saturated carbocycles. The van der Waals surface area contributed by atoms with Crippen molar-refractivity contribution in [1.82, 2.24) is 4.90 Å². The lowest BCUT2D eigenvalue weighted by Crippen LogP contribution is -2.56. The summed E-state index contributed by atoms with van der Waals surface area (Å²) in [6.07, 6.45) is 2.78. The van der Waals surface area contributed by atoms with Crippen LogP contribution in [0.3, 0.4) is 0 Å². The third-order valence-corrected chi connectivity index (χ3v) is 5.92. The van der Waals surface area contributed by atoms with E-state index in [0.717, 1.165) is 37.1 Å². The van der Waals surface area contributed by atoms with Crippen LogP contribution in [0.15, 0.2) is 42.5 Å². The number of carbonyl (C=O) groups excluding carboxylic acids is 3. The number of amides is 3. The number of carbonyl (C=O) groups is 3. The zero-order chi connectivity index (χ0) is 22.1. The molecule has 7 heteroatoms. The van der Waals surface area contributed by atoms with Gasteiger partial charge in [0.1, 0.15) is 12.6 Å². The Morgan fingerprint density at radius 1 is 1.06 bits per heavy atom. The summed E-state index contributed by atoms with van der Waals surface area (Å²) in [7, 11) is 3.39. The SMILES string of the molecule is Cc1ccc(NC(=O)CN2C(=O)C3CCCCN3c3ccc(C(=O)N(C)C)cc32)cc1. The molecule has 0 aromatic heterocycles. The molecule has 2 aliphatic rings. The second-order valence-electron chi connectivity index (χ2n) is 8.45. The predicted molar refractivity (Wildman–Crippen MR) is 122 cm³/mol. The maximum absolute atomic E-state index is 13.4. The van der Waals surface area contributed by atoms with Crippen molar-refractivity contribution in [1.29, 1.82) is 0 Å². The summed E-state index contributed by atoms with van der Waals surface area (Å²) in [5.74, 6) is -0.488. The van der Waals surface area contributed by atoms with E-state index in [-0.39, 0.29) is 30.3 Å². The maximum Gasteiger partial charge on any atom is 0.253 e. The van der Waals surface area contributed by atoms with Crippen molar-refractivity contribution in [3.05, 3.63) is 53.6 Å². The fourth-order valence-electron chi connectivity index (χ4n) is 4.29. The van der Waals surface area contributed by atoms with Crippen molar-refractivity contribution in [3.8, 4) is 0 Å². The smallest absolute Gasteiger partial charge is 0.253 e. The van der Waals surface area contributed by atoms with E-state index in [1.54, 1.807) is 26.2 Å². The summed E-state index contributed by atoms with van der Waals surface area (Å²) in [6, 6.07) is 12.7. The molecule has 0 spiro atoms. The number of piperidine rings is 1. The summed E-state index contributed by atoms with van der Waals surface area (Å²) >= 11 is 0. The molecule has 7 nitrogen and oxygen atoms in total. The van der Waals surface area contributed by atoms with E-state index in [0.29, 0.717) is 16.9 Å². The molecule has 4 rings (SSSR count). The molecule has 2 heterocycles. The number of rotatable bonds is 4. The molecule has 0 bridgehead atoms. The van der Waals surface area contributed by atoms with Crippen LogP contribution in [0.2, 0.25) is 0 Å². The summed E-state index contributed by atoms with van der Waals surface area (Å²) in [5.41, 5.74) is 3.82. The topological polar surface area (TPSA) is 73.0 Å². The average Bonchev–Trinajstić information content (AvgIpc) is 2.77. The first kappa shape index (κ1) is 20.9. The van der Waals surface area contributed by atoms with Gasteiger partial charge in [0.15, 0.2) is 0 Å². The van der Waals surface area contributed by atoms with Gasteiger partial charge in [0.25, 0.3) is 5.91 Å². The van der Waals surface area contributed by atoms with Gasteiger partial charge in [0.2, 0.25) is 11.8 Å². The molecular formula is C24H28N4O3. The predicted octanol–water partition coefficient (Wildman–Crippen LogP) is 3.04. The second kappa shape index (κ2) is 8.41. The number of aryl methyl sites for hydroxylation is 1. The van der Waals surface area contributed by atoms with Gasteiger partial charge in [-0.3, -0.25) is 19.3 Å². The molecule has 31 heavy (non-hydrogen) atoms. The van der Waals surface area contributed by atoms with Crippen LogP contribution in [0.25, 0.3) is 0 Å². The molecule has 1 saturated heterocycles. The van der Waals surface area contributed by atoms with Crippen LogP contribution in [0.4, 0.5) is 17.1 Å². The van der Waals surface area contributed by atoms with Crippen LogP contribution in [0, 0.1) is 6.92 Å². The van der Waals surface area contributed by atoms with E-state index in [1.807, 2.05) is 37.3 Å². The van der Waals surface area contributed by atoms with Crippen LogP contribution in [0.5, 0.6) is 0 Å². The highest BCUT2D eigenvalue weighted by atomic mass is 16.2. The Balaban J connectivity index is 1.66. The van der Waals surface area contributed by atoms with Crippen LogP contribution in [-0.4, -0.2) is 55.8 Å². The normalized spacial score (nSPS) is 17.6. The van der Waals surface area contributed by atoms with Crippen LogP contribution >= 0.6 is 0 Å². The number of hydrogen-bond acceptors (Lipinski definition) is 4. The highest BCUT2D eigenvalue weighted by Crippen LogP contribution is 2.40. The molecule has 2 aromatic rings. The monoisotopic (exact) mass is 420 g/mol. The van der Waals surface area contributed by atoms with Gasteiger partial charge in [0, 0.05) is 31.9 Å². The van der Waals surface area contributed by atoms with Gasteiger partial charge >= 0.3 is 0 Å². The highest BCUT2D eigenvalue weighted by molar-refractivity contribution is 6.11. The van der Waals surface area contributed by atoms with Crippen molar-refractivity contribution in [2.45, 2.75) is 32.2 Å². The largest absolute Gasteiger partial charge is 0.358 e. The fraction of sp³-hybridized carbons (Fsp3) is 0.375. The average molecular weight is 421 g/mol. The molecule has 1 N–H and O–H groups in total. The molecule has 0 radical (unpaired) electrons. The second-order valence-corrected chi connectivity index (χ2v) is 8.45. The Hall–Kier alpha value is -3.35. The number of anilines is 3. The lowest BCUT2D eigenvalue weighted by atomic mass is 9.95.